The summed E-state index contributed by atoms with van der Waals surface area (Å²) in [5.41, 5.74) is -0.209. The highest BCUT2D eigenvalue weighted by molar-refractivity contribution is 5.70. The van der Waals surface area contributed by atoms with E-state index in [1.165, 1.54) is 13.3 Å². The first-order valence-electron chi connectivity index (χ1n) is 4.93. The molecule has 0 atom stereocenters. The Morgan fingerprint density at radius 2 is 2.44 bits per heavy atom. The SMILES string of the molecule is COC(=O)CCNc1ncc(C#N)cc1[N+](=O)[O-]. The Hall–Kier alpha value is -2.69. The topological polar surface area (TPSA) is 118 Å². The Kier molecular flexibility index (Phi) is 4.57. The van der Waals surface area contributed by atoms with Crippen LogP contribution in [0.25, 0.3) is 0 Å². The van der Waals surface area contributed by atoms with Gasteiger partial charge < -0.3 is 10.1 Å². The van der Waals surface area contributed by atoms with Crippen LogP contribution in [0, 0.1) is 21.4 Å². The van der Waals surface area contributed by atoms with E-state index in [-0.39, 0.29) is 30.0 Å². The number of nitrogens with zero attached hydrogens (tertiary/aromatic N) is 3. The van der Waals surface area contributed by atoms with Gasteiger partial charge in [0.15, 0.2) is 0 Å². The predicted octanol–water partition coefficient (Wildman–Crippen LogP) is 0.836. The molecule has 8 nitrogen and oxygen atoms in total. The van der Waals surface area contributed by atoms with Crippen LogP contribution in [-0.4, -0.2) is 29.5 Å². The standard InChI is InChI=1S/C10H10N4O4/c1-18-9(15)2-3-12-10-8(14(16)17)4-7(5-11)6-13-10/h4,6H,2-3H2,1H3,(H,12,13). The second-order valence-electron chi connectivity index (χ2n) is 3.21. The van der Waals surface area contributed by atoms with Gasteiger partial charge in [0.2, 0.25) is 5.82 Å². The fourth-order valence-corrected chi connectivity index (χ4v) is 1.17. The van der Waals surface area contributed by atoms with Crippen molar-refractivity contribution in [3.05, 3.63) is 27.9 Å². The van der Waals surface area contributed by atoms with Gasteiger partial charge in [-0.2, -0.15) is 5.26 Å². The van der Waals surface area contributed by atoms with Gasteiger partial charge in [-0.25, -0.2) is 4.98 Å². The normalized spacial score (nSPS) is 9.33. The van der Waals surface area contributed by atoms with Gasteiger partial charge in [-0.1, -0.05) is 0 Å². The van der Waals surface area contributed by atoms with Crippen LogP contribution in [0.15, 0.2) is 12.3 Å². The number of nitro groups is 1. The molecular weight excluding hydrogens is 240 g/mol. The van der Waals surface area contributed by atoms with Gasteiger partial charge in [-0.3, -0.25) is 14.9 Å². The summed E-state index contributed by atoms with van der Waals surface area (Å²) < 4.78 is 4.43. The van der Waals surface area contributed by atoms with Crippen LogP contribution in [0.3, 0.4) is 0 Å². The maximum atomic E-state index is 10.9. The van der Waals surface area contributed by atoms with Gasteiger partial charge in [0.1, 0.15) is 6.07 Å². The number of methoxy groups -OCH3 is 1. The van der Waals surface area contributed by atoms with Crippen molar-refractivity contribution in [2.24, 2.45) is 0 Å². The molecule has 0 aliphatic heterocycles. The summed E-state index contributed by atoms with van der Waals surface area (Å²) in [5.74, 6) is -0.415. The largest absolute Gasteiger partial charge is 0.469 e. The van der Waals surface area contributed by atoms with Gasteiger partial charge in [0.05, 0.1) is 24.0 Å². The third kappa shape index (κ3) is 3.41. The van der Waals surface area contributed by atoms with Crippen LogP contribution in [0.1, 0.15) is 12.0 Å². The molecule has 94 valence electrons. The second kappa shape index (κ2) is 6.15. The quantitative estimate of drug-likeness (QED) is 0.467. The molecule has 0 fully saturated rings. The molecule has 1 aromatic rings. The fourth-order valence-electron chi connectivity index (χ4n) is 1.17. The lowest BCUT2D eigenvalue weighted by Gasteiger charge is -2.05. The first-order valence-corrected chi connectivity index (χ1v) is 4.93. The first kappa shape index (κ1) is 13.4. The third-order valence-electron chi connectivity index (χ3n) is 2.04. The number of nitrogens with one attached hydrogen (secondary N) is 1. The van der Waals surface area contributed by atoms with Crippen LogP contribution in [-0.2, 0) is 9.53 Å². The summed E-state index contributed by atoms with van der Waals surface area (Å²) in [4.78, 5) is 24.8. The molecule has 1 heterocycles. The average molecular weight is 250 g/mol. The Bertz CT molecular complexity index is 509. The van der Waals surface area contributed by atoms with Crippen molar-refractivity contribution in [1.29, 1.82) is 5.26 Å². The molecule has 0 aliphatic rings. The highest BCUT2D eigenvalue weighted by Crippen LogP contribution is 2.22. The fraction of sp³-hybridized carbons (Fsp3) is 0.300. The van der Waals surface area contributed by atoms with Crippen LogP contribution < -0.4 is 5.32 Å². The smallest absolute Gasteiger partial charge is 0.312 e. The van der Waals surface area contributed by atoms with Crippen LogP contribution >= 0.6 is 0 Å². The summed E-state index contributed by atoms with van der Waals surface area (Å²) in [6.07, 6.45) is 1.28. The van der Waals surface area contributed by atoms with E-state index in [0.717, 1.165) is 6.07 Å². The summed E-state index contributed by atoms with van der Waals surface area (Å²) in [6.45, 7) is 0.159. The molecule has 0 spiro atoms. The van der Waals surface area contributed by atoms with Gasteiger partial charge in [0.25, 0.3) is 0 Å². The van der Waals surface area contributed by atoms with Crippen LogP contribution in [0.2, 0.25) is 0 Å². The summed E-state index contributed by atoms with van der Waals surface area (Å²) in [7, 11) is 1.25. The number of rotatable bonds is 5. The van der Waals surface area contributed by atoms with Crippen molar-refractivity contribution in [2.75, 3.05) is 19.0 Å². The number of nitriles is 1. The first-order chi connectivity index (χ1) is 8.58. The third-order valence-corrected chi connectivity index (χ3v) is 2.04. The van der Waals surface area contributed by atoms with Crippen molar-refractivity contribution in [3.63, 3.8) is 0 Å². The Balaban J connectivity index is 2.79. The number of ether oxygens (including phenoxy) is 1. The average Bonchev–Trinajstić information content (AvgIpc) is 2.38. The Labute approximate surface area is 102 Å². The molecule has 0 radical (unpaired) electrons. The summed E-state index contributed by atoms with van der Waals surface area (Å²) >= 11 is 0. The molecule has 1 N–H and O–H groups in total. The van der Waals surface area contributed by atoms with E-state index < -0.39 is 10.9 Å². The second-order valence-corrected chi connectivity index (χ2v) is 3.21. The molecule has 8 heteroatoms. The molecule has 0 amide bonds. The van der Waals surface area contributed by atoms with E-state index >= 15 is 0 Å². The van der Waals surface area contributed by atoms with E-state index in [9.17, 15) is 14.9 Å². The number of aromatic nitrogens is 1. The number of anilines is 1. The lowest BCUT2D eigenvalue weighted by atomic mass is 10.2. The number of carbonyl (C=O) groups excluding carboxylic acids is 1. The van der Waals surface area contributed by atoms with Crippen molar-refractivity contribution < 1.29 is 14.5 Å². The lowest BCUT2D eigenvalue weighted by molar-refractivity contribution is -0.384. The number of hydrogen-bond donors (Lipinski definition) is 1. The number of esters is 1. The minimum absolute atomic E-state index is 0.0166. The molecule has 0 aliphatic carbocycles. The van der Waals surface area contributed by atoms with Gasteiger partial charge in [0, 0.05) is 18.8 Å². The van der Waals surface area contributed by atoms with Gasteiger partial charge in [-0.15, -0.1) is 0 Å². The molecule has 0 unspecified atom stereocenters. The van der Waals surface area contributed by atoms with Crippen molar-refractivity contribution in [3.8, 4) is 6.07 Å². The Morgan fingerprint density at radius 1 is 1.72 bits per heavy atom. The van der Waals surface area contributed by atoms with Crippen LogP contribution in [0.5, 0.6) is 0 Å². The molecule has 18 heavy (non-hydrogen) atoms. The minimum atomic E-state index is -0.645. The van der Waals surface area contributed by atoms with E-state index in [2.05, 4.69) is 15.0 Å². The monoisotopic (exact) mass is 250 g/mol. The van der Waals surface area contributed by atoms with Crippen LogP contribution in [0.4, 0.5) is 11.5 Å². The molecule has 0 saturated carbocycles. The van der Waals surface area contributed by atoms with Gasteiger partial charge in [-0.05, 0) is 0 Å². The van der Waals surface area contributed by atoms with Crippen molar-refractivity contribution in [2.45, 2.75) is 6.42 Å². The molecule has 1 aromatic heterocycles. The maximum absolute atomic E-state index is 10.9. The highest BCUT2D eigenvalue weighted by Gasteiger charge is 2.16. The maximum Gasteiger partial charge on any atom is 0.312 e. The van der Waals surface area contributed by atoms with E-state index in [0.29, 0.717) is 0 Å². The minimum Gasteiger partial charge on any atom is -0.469 e. The van der Waals surface area contributed by atoms with E-state index in [1.807, 2.05) is 0 Å². The lowest BCUT2D eigenvalue weighted by Crippen LogP contribution is -2.11. The number of pyridine rings is 1. The molecule has 0 saturated heterocycles. The summed E-state index contributed by atoms with van der Waals surface area (Å²) in [6, 6.07) is 2.88. The van der Waals surface area contributed by atoms with E-state index in [4.69, 9.17) is 5.26 Å². The van der Waals surface area contributed by atoms with Crippen molar-refractivity contribution in [1.82, 2.24) is 4.98 Å². The Morgan fingerprint density at radius 3 is 3.00 bits per heavy atom. The molecule has 1 rings (SSSR count). The zero-order chi connectivity index (χ0) is 13.5. The highest BCUT2D eigenvalue weighted by atomic mass is 16.6. The number of hydrogen-bond acceptors (Lipinski definition) is 7. The molecule has 0 aromatic carbocycles. The van der Waals surface area contributed by atoms with E-state index in [1.54, 1.807) is 6.07 Å². The summed E-state index contributed by atoms with van der Waals surface area (Å²) in [5, 5.41) is 22.0. The zero-order valence-corrected chi connectivity index (χ0v) is 9.54. The zero-order valence-electron chi connectivity index (χ0n) is 9.54. The molecular formula is C10H10N4O4. The van der Waals surface area contributed by atoms with Gasteiger partial charge >= 0.3 is 11.7 Å². The predicted molar refractivity (Wildman–Crippen MR) is 60.7 cm³/mol. The van der Waals surface area contributed by atoms with Crippen molar-refractivity contribution >= 4 is 17.5 Å². The number of carbonyl (C=O) groups is 1. The molecule has 0 bridgehead atoms.